The molecule has 1 aliphatic heterocycles. The Hall–Kier alpha value is -0.670. The lowest BCUT2D eigenvalue weighted by Gasteiger charge is -2.32. The molecule has 0 saturated carbocycles. The summed E-state index contributed by atoms with van der Waals surface area (Å²) in [5.41, 5.74) is 2.79. The Morgan fingerprint density at radius 3 is 3.00 bits per heavy atom. The number of likely N-dealkylation sites (N-methyl/N-ethyl adjacent to an activating group) is 1. The van der Waals surface area contributed by atoms with Crippen LogP contribution in [0.4, 0.5) is 5.69 Å². The van der Waals surface area contributed by atoms with E-state index in [1.54, 1.807) is 0 Å². The fourth-order valence-electron chi connectivity index (χ4n) is 2.63. The number of hydrogen-bond acceptors (Lipinski definition) is 3. The number of nitrogens with one attached hydrogen (secondary N) is 1. The number of benzene rings is 1. The summed E-state index contributed by atoms with van der Waals surface area (Å²) in [6, 6.07) is 9.99. The van der Waals surface area contributed by atoms with Gasteiger partial charge < -0.3 is 5.32 Å². The molecule has 2 rings (SSSR count). The number of aryl methyl sites for hydroxylation is 1. The Kier molecular flexibility index (Phi) is 4.95. The van der Waals surface area contributed by atoms with Gasteiger partial charge in [-0.15, -0.1) is 0 Å². The maximum absolute atomic E-state index is 3.60. The highest BCUT2D eigenvalue weighted by molar-refractivity contribution is 7.98. The fourth-order valence-corrected chi connectivity index (χ4v) is 3.35. The number of nitrogens with zero attached hydrogens (tertiary/aromatic N) is 1. The molecule has 0 spiro atoms. The van der Waals surface area contributed by atoms with Crippen LogP contribution in [-0.2, 0) is 6.42 Å². The van der Waals surface area contributed by atoms with E-state index in [1.165, 1.54) is 29.8 Å². The summed E-state index contributed by atoms with van der Waals surface area (Å²) < 4.78 is 0. The van der Waals surface area contributed by atoms with E-state index < -0.39 is 0 Å². The summed E-state index contributed by atoms with van der Waals surface area (Å²) in [5.74, 6) is 1.21. The number of para-hydroxylation sites is 1. The SMILES string of the molecule is CSCC(C)N(C)C1CCc2ccccc2NC1. The van der Waals surface area contributed by atoms with Crippen molar-refractivity contribution in [3.05, 3.63) is 29.8 Å². The van der Waals surface area contributed by atoms with Crippen molar-refractivity contribution in [2.75, 3.05) is 30.9 Å². The fraction of sp³-hybridized carbons (Fsp3) is 0.600. The maximum atomic E-state index is 3.60. The summed E-state index contributed by atoms with van der Waals surface area (Å²) in [6.07, 6.45) is 4.62. The molecule has 1 aromatic carbocycles. The van der Waals surface area contributed by atoms with Crippen LogP contribution in [0, 0.1) is 0 Å². The molecule has 0 aliphatic carbocycles. The first kappa shape index (κ1) is 13.8. The van der Waals surface area contributed by atoms with Gasteiger partial charge in [-0.3, -0.25) is 4.90 Å². The number of thioether (sulfide) groups is 1. The molecule has 0 amide bonds. The molecule has 2 nitrogen and oxygen atoms in total. The minimum absolute atomic E-state index is 0.638. The van der Waals surface area contributed by atoms with E-state index in [0.717, 1.165) is 6.54 Å². The van der Waals surface area contributed by atoms with Gasteiger partial charge in [-0.25, -0.2) is 0 Å². The third kappa shape index (κ3) is 3.21. The van der Waals surface area contributed by atoms with Gasteiger partial charge >= 0.3 is 0 Å². The Balaban J connectivity index is 1.99. The first-order valence-electron chi connectivity index (χ1n) is 6.75. The van der Waals surface area contributed by atoms with Crippen LogP contribution >= 0.6 is 11.8 Å². The van der Waals surface area contributed by atoms with Gasteiger partial charge in [0.1, 0.15) is 0 Å². The second-order valence-electron chi connectivity index (χ2n) is 5.20. The minimum Gasteiger partial charge on any atom is -0.383 e. The quantitative estimate of drug-likeness (QED) is 0.899. The predicted molar refractivity (Wildman–Crippen MR) is 82.6 cm³/mol. The highest BCUT2D eigenvalue weighted by Gasteiger charge is 2.22. The number of hydrogen-bond donors (Lipinski definition) is 1. The summed E-state index contributed by atoms with van der Waals surface area (Å²) in [6.45, 7) is 3.39. The van der Waals surface area contributed by atoms with E-state index in [-0.39, 0.29) is 0 Å². The summed E-state index contributed by atoms with van der Waals surface area (Å²) >= 11 is 1.93. The zero-order valence-corrected chi connectivity index (χ0v) is 12.5. The van der Waals surface area contributed by atoms with Crippen LogP contribution in [0.15, 0.2) is 24.3 Å². The van der Waals surface area contributed by atoms with E-state index in [0.29, 0.717) is 12.1 Å². The van der Waals surface area contributed by atoms with Crippen molar-refractivity contribution in [3.8, 4) is 0 Å². The second kappa shape index (κ2) is 6.48. The Morgan fingerprint density at radius 2 is 2.22 bits per heavy atom. The standard InChI is InChI=1S/C15H24N2S/c1-12(11-18-3)17(2)14-9-8-13-6-4-5-7-15(13)16-10-14/h4-7,12,14,16H,8-11H2,1-3H3. The third-order valence-corrected chi connectivity index (χ3v) is 4.79. The lowest BCUT2D eigenvalue weighted by molar-refractivity contribution is 0.198. The predicted octanol–water partition coefficient (Wildman–Crippen LogP) is 3.10. The van der Waals surface area contributed by atoms with E-state index in [1.807, 2.05) is 11.8 Å². The molecule has 2 atom stereocenters. The smallest absolute Gasteiger partial charge is 0.0373 e. The Morgan fingerprint density at radius 1 is 1.44 bits per heavy atom. The molecule has 1 N–H and O–H groups in total. The Bertz CT molecular complexity index is 354. The first-order valence-corrected chi connectivity index (χ1v) is 8.14. The van der Waals surface area contributed by atoms with E-state index in [9.17, 15) is 0 Å². The third-order valence-electron chi connectivity index (χ3n) is 3.97. The van der Waals surface area contributed by atoms with Crippen LogP contribution in [0.1, 0.15) is 18.9 Å². The topological polar surface area (TPSA) is 15.3 Å². The summed E-state index contributed by atoms with van der Waals surface area (Å²) in [7, 11) is 2.27. The molecule has 0 fully saturated rings. The monoisotopic (exact) mass is 264 g/mol. The molecule has 1 aromatic rings. The van der Waals surface area contributed by atoms with Crippen LogP contribution in [0.25, 0.3) is 0 Å². The molecule has 0 aromatic heterocycles. The number of rotatable bonds is 4. The molecule has 2 unspecified atom stereocenters. The molecular weight excluding hydrogens is 240 g/mol. The number of fused-ring (bicyclic) bond motifs is 1. The van der Waals surface area contributed by atoms with Crippen molar-refractivity contribution in [1.82, 2.24) is 4.90 Å². The molecule has 18 heavy (non-hydrogen) atoms. The van der Waals surface area contributed by atoms with Gasteiger partial charge in [0.05, 0.1) is 0 Å². The number of anilines is 1. The van der Waals surface area contributed by atoms with E-state index in [4.69, 9.17) is 0 Å². The molecule has 0 saturated heterocycles. The maximum Gasteiger partial charge on any atom is 0.0373 e. The van der Waals surface area contributed by atoms with Crippen molar-refractivity contribution in [2.24, 2.45) is 0 Å². The molecular formula is C15H24N2S. The average Bonchev–Trinajstić information content (AvgIpc) is 2.60. The highest BCUT2D eigenvalue weighted by atomic mass is 32.2. The van der Waals surface area contributed by atoms with Crippen molar-refractivity contribution >= 4 is 17.4 Å². The zero-order chi connectivity index (χ0) is 13.0. The Labute approximate surface area is 115 Å². The van der Waals surface area contributed by atoms with Gasteiger partial charge in [0, 0.05) is 30.1 Å². The summed E-state index contributed by atoms with van der Waals surface area (Å²) in [5, 5.41) is 3.60. The highest BCUT2D eigenvalue weighted by Crippen LogP contribution is 2.23. The van der Waals surface area contributed by atoms with Gasteiger partial charge in [-0.2, -0.15) is 11.8 Å². The van der Waals surface area contributed by atoms with Crippen LogP contribution in [0.3, 0.4) is 0 Å². The zero-order valence-electron chi connectivity index (χ0n) is 11.6. The lowest BCUT2D eigenvalue weighted by atomic mass is 10.0. The summed E-state index contributed by atoms with van der Waals surface area (Å²) in [4.78, 5) is 2.54. The van der Waals surface area contributed by atoms with E-state index in [2.05, 4.69) is 54.7 Å². The molecule has 1 heterocycles. The van der Waals surface area contributed by atoms with E-state index >= 15 is 0 Å². The van der Waals surface area contributed by atoms with Crippen LogP contribution in [0.5, 0.6) is 0 Å². The van der Waals surface area contributed by atoms with Gasteiger partial charge in [0.15, 0.2) is 0 Å². The first-order chi connectivity index (χ1) is 8.72. The van der Waals surface area contributed by atoms with Crippen LogP contribution in [-0.4, -0.2) is 42.6 Å². The van der Waals surface area contributed by atoms with Gasteiger partial charge in [-0.1, -0.05) is 18.2 Å². The van der Waals surface area contributed by atoms with Crippen LogP contribution < -0.4 is 5.32 Å². The normalized spacial score (nSPS) is 21.0. The molecule has 0 radical (unpaired) electrons. The molecule has 0 bridgehead atoms. The van der Waals surface area contributed by atoms with Crippen molar-refractivity contribution in [2.45, 2.75) is 31.8 Å². The van der Waals surface area contributed by atoms with Gasteiger partial charge in [0.2, 0.25) is 0 Å². The largest absolute Gasteiger partial charge is 0.383 e. The molecule has 100 valence electrons. The molecule has 1 aliphatic rings. The average molecular weight is 264 g/mol. The van der Waals surface area contributed by atoms with Crippen molar-refractivity contribution in [1.29, 1.82) is 0 Å². The van der Waals surface area contributed by atoms with Crippen molar-refractivity contribution < 1.29 is 0 Å². The van der Waals surface area contributed by atoms with Gasteiger partial charge in [0.25, 0.3) is 0 Å². The van der Waals surface area contributed by atoms with Crippen LogP contribution in [0.2, 0.25) is 0 Å². The molecule has 3 heteroatoms. The minimum atomic E-state index is 0.638. The lowest BCUT2D eigenvalue weighted by Crippen LogP contribution is -2.43. The second-order valence-corrected chi connectivity index (χ2v) is 6.11. The van der Waals surface area contributed by atoms with Crippen molar-refractivity contribution in [3.63, 3.8) is 0 Å². The van der Waals surface area contributed by atoms with Gasteiger partial charge in [-0.05, 0) is 44.7 Å².